The molecule has 1 aromatic carbocycles. The van der Waals surface area contributed by atoms with E-state index in [9.17, 15) is 10.2 Å². The normalized spacial score (nSPS) is 15.1. The van der Waals surface area contributed by atoms with Crippen LogP contribution in [-0.4, -0.2) is 57.3 Å². The van der Waals surface area contributed by atoms with Gasteiger partial charge in [-0.3, -0.25) is 0 Å². The molecule has 1 aliphatic rings. The number of halogens is 2. The number of hydrogen-bond acceptors (Lipinski definition) is 5. The average Bonchev–Trinajstić information content (AvgIpc) is 3.28. The van der Waals surface area contributed by atoms with Crippen molar-refractivity contribution in [2.45, 2.75) is 70.8 Å². The summed E-state index contributed by atoms with van der Waals surface area (Å²) >= 11 is 0. The third-order valence-corrected chi connectivity index (χ3v) is 6.24. The molecule has 3 rings (SSSR count). The lowest BCUT2D eigenvalue weighted by Crippen LogP contribution is -2.40. The molecule has 0 radical (unpaired) electrons. The van der Waals surface area contributed by atoms with Gasteiger partial charge < -0.3 is 25.4 Å². The van der Waals surface area contributed by atoms with E-state index >= 15 is 0 Å². The van der Waals surface area contributed by atoms with E-state index in [0.29, 0.717) is 6.04 Å². The monoisotopic (exact) mass is 574 g/mol. The Balaban J connectivity index is 0.00000256. The molecule has 2 aromatic rings. The molecular formula is C24H40Br2N4O2. The minimum atomic E-state index is 0. The van der Waals surface area contributed by atoms with Gasteiger partial charge in [-0.15, -0.1) is 34.0 Å². The molecule has 4 N–H and O–H groups in total. The Morgan fingerprint density at radius 3 is 2.66 bits per heavy atom. The van der Waals surface area contributed by atoms with Crippen molar-refractivity contribution < 1.29 is 10.2 Å². The summed E-state index contributed by atoms with van der Waals surface area (Å²) in [6.07, 6.45) is 13.7. The van der Waals surface area contributed by atoms with Crippen LogP contribution >= 0.6 is 34.0 Å². The number of aromatic nitrogens is 2. The van der Waals surface area contributed by atoms with Crippen LogP contribution in [-0.2, 0) is 19.3 Å². The highest BCUT2D eigenvalue weighted by Crippen LogP contribution is 2.36. The Morgan fingerprint density at radius 2 is 1.91 bits per heavy atom. The standard InChI is InChI=1S/C24H38N4O2.2BrH/c1-2-14-28(21-8-9-22-19(16-21)7-10-23(29)24(22)30)15-6-4-3-5-12-25-13-11-20-17-26-18-27-20;;/h7,10,17-18,21,25,29-30H,2-6,8-9,11-16H2,1H3,(H,26,27);2*1H. The number of hydrogen-bond donors (Lipinski definition) is 4. The van der Waals surface area contributed by atoms with Crippen LogP contribution in [0, 0.1) is 0 Å². The third-order valence-electron chi connectivity index (χ3n) is 6.24. The van der Waals surface area contributed by atoms with E-state index in [4.69, 9.17) is 0 Å². The fraction of sp³-hybridized carbons (Fsp3) is 0.625. The quantitative estimate of drug-likeness (QED) is 0.201. The molecule has 0 saturated carbocycles. The Bertz CT molecular complexity index is 759. The summed E-state index contributed by atoms with van der Waals surface area (Å²) in [5.74, 6) is 0.0968. The molecule has 0 spiro atoms. The lowest BCUT2D eigenvalue weighted by Gasteiger charge is -2.35. The van der Waals surface area contributed by atoms with Gasteiger partial charge in [0.15, 0.2) is 11.5 Å². The Labute approximate surface area is 213 Å². The van der Waals surface area contributed by atoms with Gasteiger partial charge in [0, 0.05) is 36.5 Å². The maximum atomic E-state index is 10.1. The van der Waals surface area contributed by atoms with E-state index < -0.39 is 0 Å². The lowest BCUT2D eigenvalue weighted by atomic mass is 9.86. The second-order valence-corrected chi connectivity index (χ2v) is 8.49. The first-order chi connectivity index (χ1) is 14.7. The van der Waals surface area contributed by atoms with Crippen molar-refractivity contribution in [3.05, 3.63) is 41.5 Å². The number of aromatic amines is 1. The molecule has 182 valence electrons. The number of rotatable bonds is 13. The Morgan fingerprint density at radius 1 is 1.09 bits per heavy atom. The molecule has 0 fully saturated rings. The molecular weight excluding hydrogens is 536 g/mol. The van der Waals surface area contributed by atoms with Gasteiger partial charge in [0.2, 0.25) is 0 Å². The number of fused-ring (bicyclic) bond motifs is 1. The fourth-order valence-corrected chi connectivity index (χ4v) is 4.57. The minimum absolute atomic E-state index is 0. The van der Waals surface area contributed by atoms with Gasteiger partial charge in [0.1, 0.15) is 0 Å². The number of phenols is 2. The summed E-state index contributed by atoms with van der Waals surface area (Å²) in [5.41, 5.74) is 3.34. The van der Waals surface area contributed by atoms with E-state index in [0.717, 1.165) is 57.4 Å². The van der Waals surface area contributed by atoms with E-state index in [-0.39, 0.29) is 45.5 Å². The number of aromatic hydroxyl groups is 2. The van der Waals surface area contributed by atoms with E-state index in [2.05, 4.69) is 27.1 Å². The molecule has 8 heteroatoms. The first kappa shape index (κ1) is 28.9. The van der Waals surface area contributed by atoms with Crippen molar-refractivity contribution in [1.29, 1.82) is 0 Å². The summed E-state index contributed by atoms with van der Waals surface area (Å²) in [6, 6.07) is 4.16. The zero-order valence-corrected chi connectivity index (χ0v) is 22.6. The molecule has 1 atom stereocenters. The third kappa shape index (κ3) is 8.69. The summed E-state index contributed by atoms with van der Waals surface area (Å²) < 4.78 is 0. The van der Waals surface area contributed by atoms with Crippen LogP contribution in [0.15, 0.2) is 24.7 Å². The molecule has 0 saturated heterocycles. The first-order valence-electron chi connectivity index (χ1n) is 11.6. The van der Waals surface area contributed by atoms with Gasteiger partial charge in [-0.2, -0.15) is 0 Å². The molecule has 1 aliphatic carbocycles. The van der Waals surface area contributed by atoms with E-state index in [1.165, 1.54) is 43.4 Å². The lowest BCUT2D eigenvalue weighted by molar-refractivity contribution is 0.175. The van der Waals surface area contributed by atoms with Crippen LogP contribution in [0.4, 0.5) is 0 Å². The fourth-order valence-electron chi connectivity index (χ4n) is 4.57. The predicted molar refractivity (Wildman–Crippen MR) is 142 cm³/mol. The maximum absolute atomic E-state index is 10.1. The smallest absolute Gasteiger partial charge is 0.160 e. The minimum Gasteiger partial charge on any atom is -0.504 e. The topological polar surface area (TPSA) is 84.4 Å². The van der Waals surface area contributed by atoms with Crippen LogP contribution in [0.1, 0.15) is 62.3 Å². The number of phenolic OH excluding ortho intramolecular Hbond substituents is 2. The number of nitrogens with one attached hydrogen (secondary N) is 2. The first-order valence-corrected chi connectivity index (χ1v) is 11.6. The second-order valence-electron chi connectivity index (χ2n) is 8.49. The molecule has 0 amide bonds. The van der Waals surface area contributed by atoms with Crippen molar-refractivity contribution >= 4 is 34.0 Å². The van der Waals surface area contributed by atoms with Gasteiger partial charge in [-0.05, 0) is 69.8 Å². The van der Waals surface area contributed by atoms with Crippen molar-refractivity contribution in [2.75, 3.05) is 26.2 Å². The van der Waals surface area contributed by atoms with Gasteiger partial charge >= 0.3 is 0 Å². The molecule has 32 heavy (non-hydrogen) atoms. The van der Waals surface area contributed by atoms with Gasteiger partial charge in [0.05, 0.1) is 6.33 Å². The highest BCUT2D eigenvalue weighted by atomic mass is 79.9. The number of unbranched alkanes of at least 4 members (excludes halogenated alkanes) is 3. The van der Waals surface area contributed by atoms with Crippen LogP contribution in [0.5, 0.6) is 11.5 Å². The van der Waals surface area contributed by atoms with Gasteiger partial charge in [-0.25, -0.2) is 4.98 Å². The number of H-pyrrole nitrogens is 1. The zero-order valence-electron chi connectivity index (χ0n) is 19.2. The van der Waals surface area contributed by atoms with Crippen molar-refractivity contribution in [2.24, 2.45) is 0 Å². The van der Waals surface area contributed by atoms with Crippen LogP contribution in [0.2, 0.25) is 0 Å². The number of imidazole rings is 1. The average molecular weight is 576 g/mol. The van der Waals surface area contributed by atoms with E-state index in [1.54, 1.807) is 12.4 Å². The summed E-state index contributed by atoms with van der Waals surface area (Å²) in [6.45, 7) is 6.64. The Hall–Kier alpha value is -1.09. The second kappa shape index (κ2) is 15.7. The maximum Gasteiger partial charge on any atom is 0.160 e. The van der Waals surface area contributed by atoms with Gasteiger partial charge in [-0.1, -0.05) is 25.8 Å². The van der Waals surface area contributed by atoms with Crippen LogP contribution < -0.4 is 5.32 Å². The summed E-state index contributed by atoms with van der Waals surface area (Å²) in [5, 5.41) is 23.4. The number of benzene rings is 1. The predicted octanol–water partition coefficient (Wildman–Crippen LogP) is 4.94. The van der Waals surface area contributed by atoms with E-state index in [1.807, 2.05) is 12.3 Å². The summed E-state index contributed by atoms with van der Waals surface area (Å²) in [7, 11) is 0. The van der Waals surface area contributed by atoms with Crippen LogP contribution in [0.3, 0.4) is 0 Å². The van der Waals surface area contributed by atoms with Crippen molar-refractivity contribution in [3.8, 4) is 11.5 Å². The molecule has 0 bridgehead atoms. The zero-order chi connectivity index (χ0) is 21.2. The molecule has 0 aliphatic heterocycles. The Kier molecular flexibility index (Phi) is 14.2. The number of nitrogens with zero attached hydrogens (tertiary/aromatic N) is 2. The van der Waals surface area contributed by atoms with Crippen molar-refractivity contribution in [1.82, 2.24) is 20.2 Å². The van der Waals surface area contributed by atoms with Crippen LogP contribution in [0.25, 0.3) is 0 Å². The highest BCUT2D eigenvalue weighted by Gasteiger charge is 2.26. The van der Waals surface area contributed by atoms with Crippen molar-refractivity contribution in [3.63, 3.8) is 0 Å². The molecule has 1 unspecified atom stereocenters. The van der Waals surface area contributed by atoms with Gasteiger partial charge in [0.25, 0.3) is 0 Å². The molecule has 6 nitrogen and oxygen atoms in total. The molecule has 1 aromatic heterocycles. The highest BCUT2D eigenvalue weighted by molar-refractivity contribution is 8.93. The largest absolute Gasteiger partial charge is 0.504 e. The summed E-state index contributed by atoms with van der Waals surface area (Å²) in [4.78, 5) is 9.83. The molecule has 1 heterocycles. The SMILES string of the molecule is Br.Br.CCCN(CCCCCCNCCc1cnc[nH]1)C1CCc2c(ccc(O)c2O)C1.